The molecule has 1 saturated heterocycles. The molecular weight excluding hydrogens is 212 g/mol. The van der Waals surface area contributed by atoms with Gasteiger partial charge in [0.05, 0.1) is 7.11 Å². The molecule has 1 aliphatic rings. The highest BCUT2D eigenvalue weighted by molar-refractivity contribution is 5.51. The fourth-order valence-corrected chi connectivity index (χ4v) is 2.63. The van der Waals surface area contributed by atoms with E-state index in [1.165, 1.54) is 31.4 Å². The van der Waals surface area contributed by atoms with Gasteiger partial charge in [-0.2, -0.15) is 0 Å². The van der Waals surface area contributed by atoms with Crippen LogP contribution in [0.2, 0.25) is 0 Å². The van der Waals surface area contributed by atoms with Crippen LogP contribution in [0, 0.1) is 0 Å². The average molecular weight is 234 g/mol. The van der Waals surface area contributed by atoms with Crippen molar-refractivity contribution in [3.63, 3.8) is 0 Å². The lowest BCUT2D eigenvalue weighted by molar-refractivity contribution is 0.240. The van der Waals surface area contributed by atoms with E-state index in [4.69, 9.17) is 10.5 Å². The SMILES string of the molecule is CCC1CCCN1Cc1ccc(OC)cc1N. The summed E-state index contributed by atoms with van der Waals surface area (Å²) < 4.78 is 5.17. The van der Waals surface area contributed by atoms with Gasteiger partial charge in [-0.05, 0) is 37.4 Å². The first-order valence-electron chi connectivity index (χ1n) is 6.41. The molecule has 1 unspecified atom stereocenters. The Morgan fingerprint density at radius 3 is 2.94 bits per heavy atom. The third-order valence-electron chi connectivity index (χ3n) is 3.70. The lowest BCUT2D eigenvalue weighted by Gasteiger charge is -2.24. The molecule has 1 fully saturated rings. The number of hydrogen-bond donors (Lipinski definition) is 1. The number of nitrogens with zero attached hydrogens (tertiary/aromatic N) is 1. The Bertz CT molecular complexity index is 378. The minimum atomic E-state index is 0.733. The third-order valence-corrected chi connectivity index (χ3v) is 3.70. The second-order valence-corrected chi connectivity index (χ2v) is 4.74. The van der Waals surface area contributed by atoms with Crippen LogP contribution in [0.15, 0.2) is 18.2 Å². The van der Waals surface area contributed by atoms with E-state index in [-0.39, 0.29) is 0 Å². The van der Waals surface area contributed by atoms with Gasteiger partial charge in [-0.15, -0.1) is 0 Å². The highest BCUT2D eigenvalue weighted by atomic mass is 16.5. The van der Waals surface area contributed by atoms with Gasteiger partial charge in [-0.1, -0.05) is 13.0 Å². The normalized spacial score (nSPS) is 20.7. The molecule has 3 nitrogen and oxygen atoms in total. The van der Waals surface area contributed by atoms with Crippen LogP contribution in [-0.2, 0) is 6.54 Å². The van der Waals surface area contributed by atoms with Gasteiger partial charge in [0, 0.05) is 24.3 Å². The van der Waals surface area contributed by atoms with Gasteiger partial charge in [-0.3, -0.25) is 4.90 Å². The number of rotatable bonds is 4. The van der Waals surface area contributed by atoms with Gasteiger partial charge in [0.2, 0.25) is 0 Å². The highest BCUT2D eigenvalue weighted by Crippen LogP contribution is 2.26. The monoisotopic (exact) mass is 234 g/mol. The zero-order chi connectivity index (χ0) is 12.3. The van der Waals surface area contributed by atoms with E-state index in [0.717, 1.165) is 24.0 Å². The van der Waals surface area contributed by atoms with Gasteiger partial charge in [0.15, 0.2) is 0 Å². The van der Waals surface area contributed by atoms with Crippen LogP contribution >= 0.6 is 0 Å². The molecule has 1 atom stereocenters. The molecule has 0 spiro atoms. The number of methoxy groups -OCH3 is 1. The fraction of sp³-hybridized carbons (Fsp3) is 0.571. The van der Waals surface area contributed by atoms with E-state index in [1.54, 1.807) is 7.11 Å². The second kappa shape index (κ2) is 5.41. The molecule has 1 aliphatic heterocycles. The Labute approximate surface area is 104 Å². The maximum Gasteiger partial charge on any atom is 0.120 e. The topological polar surface area (TPSA) is 38.5 Å². The lowest BCUT2D eigenvalue weighted by Crippen LogP contribution is -2.28. The number of likely N-dealkylation sites (tertiary alicyclic amines) is 1. The number of hydrogen-bond acceptors (Lipinski definition) is 3. The van der Waals surface area contributed by atoms with Crippen molar-refractivity contribution < 1.29 is 4.74 Å². The summed E-state index contributed by atoms with van der Waals surface area (Å²) in [6.45, 7) is 4.43. The van der Waals surface area contributed by atoms with Crippen molar-refractivity contribution in [1.29, 1.82) is 0 Å². The van der Waals surface area contributed by atoms with E-state index in [0.29, 0.717) is 0 Å². The minimum absolute atomic E-state index is 0.733. The quantitative estimate of drug-likeness (QED) is 0.814. The number of benzene rings is 1. The Balaban J connectivity index is 2.08. The molecule has 2 rings (SSSR count). The van der Waals surface area contributed by atoms with Gasteiger partial charge in [0.25, 0.3) is 0 Å². The molecule has 0 aromatic heterocycles. The van der Waals surface area contributed by atoms with Crippen LogP contribution < -0.4 is 10.5 Å². The van der Waals surface area contributed by atoms with Crippen molar-refractivity contribution in [1.82, 2.24) is 4.90 Å². The smallest absolute Gasteiger partial charge is 0.120 e. The van der Waals surface area contributed by atoms with Gasteiger partial charge >= 0.3 is 0 Å². The number of nitrogen functional groups attached to an aromatic ring is 1. The molecule has 0 aliphatic carbocycles. The maximum absolute atomic E-state index is 6.06. The van der Waals surface area contributed by atoms with Crippen LogP contribution in [0.25, 0.3) is 0 Å². The van der Waals surface area contributed by atoms with Gasteiger partial charge in [-0.25, -0.2) is 0 Å². The first-order chi connectivity index (χ1) is 8.24. The fourth-order valence-electron chi connectivity index (χ4n) is 2.63. The molecule has 0 amide bonds. The molecule has 0 bridgehead atoms. The van der Waals surface area contributed by atoms with Gasteiger partial charge < -0.3 is 10.5 Å². The van der Waals surface area contributed by atoms with E-state index in [9.17, 15) is 0 Å². The first-order valence-corrected chi connectivity index (χ1v) is 6.41. The highest BCUT2D eigenvalue weighted by Gasteiger charge is 2.23. The Hall–Kier alpha value is -1.22. The van der Waals surface area contributed by atoms with Crippen molar-refractivity contribution in [2.45, 2.75) is 38.8 Å². The summed E-state index contributed by atoms with van der Waals surface area (Å²) in [5, 5.41) is 0. The number of ether oxygens (including phenoxy) is 1. The summed E-state index contributed by atoms with van der Waals surface area (Å²) in [4.78, 5) is 2.54. The molecule has 2 N–H and O–H groups in total. The standard InChI is InChI=1S/C14H22N2O/c1-3-12-5-4-8-16(12)10-11-6-7-13(17-2)9-14(11)15/h6-7,9,12H,3-5,8,10,15H2,1-2H3. The third kappa shape index (κ3) is 2.72. The maximum atomic E-state index is 6.06. The van der Waals surface area contributed by atoms with E-state index >= 15 is 0 Å². The Morgan fingerprint density at radius 1 is 1.47 bits per heavy atom. The Kier molecular flexibility index (Phi) is 3.89. The first kappa shape index (κ1) is 12.2. The summed E-state index contributed by atoms with van der Waals surface area (Å²) in [6, 6.07) is 6.71. The molecule has 0 saturated carbocycles. The van der Waals surface area contributed by atoms with Crippen LogP contribution in [0.1, 0.15) is 31.7 Å². The number of nitrogens with two attached hydrogens (primary N) is 1. The van der Waals surface area contributed by atoms with Crippen LogP contribution in [0.5, 0.6) is 5.75 Å². The lowest BCUT2D eigenvalue weighted by atomic mass is 10.1. The Morgan fingerprint density at radius 2 is 2.29 bits per heavy atom. The van der Waals surface area contributed by atoms with Crippen LogP contribution in [-0.4, -0.2) is 24.6 Å². The molecule has 1 aromatic carbocycles. The van der Waals surface area contributed by atoms with Crippen molar-refractivity contribution in [2.24, 2.45) is 0 Å². The van der Waals surface area contributed by atoms with Crippen molar-refractivity contribution >= 4 is 5.69 Å². The molecule has 0 radical (unpaired) electrons. The van der Waals surface area contributed by atoms with Crippen molar-refractivity contribution in [3.05, 3.63) is 23.8 Å². The predicted octanol–water partition coefficient (Wildman–Crippen LogP) is 2.65. The molecule has 3 heteroatoms. The molecule has 17 heavy (non-hydrogen) atoms. The summed E-state index contributed by atoms with van der Waals surface area (Å²) in [7, 11) is 1.67. The summed E-state index contributed by atoms with van der Waals surface area (Å²) in [5.41, 5.74) is 8.11. The molecular formula is C14H22N2O. The average Bonchev–Trinajstić information content (AvgIpc) is 2.79. The van der Waals surface area contributed by atoms with Crippen molar-refractivity contribution in [2.75, 3.05) is 19.4 Å². The van der Waals surface area contributed by atoms with E-state index < -0.39 is 0 Å². The second-order valence-electron chi connectivity index (χ2n) is 4.74. The molecule has 1 heterocycles. The predicted molar refractivity (Wildman–Crippen MR) is 71.1 cm³/mol. The summed E-state index contributed by atoms with van der Waals surface area (Å²) in [5.74, 6) is 0.833. The van der Waals surface area contributed by atoms with Crippen LogP contribution in [0.3, 0.4) is 0 Å². The summed E-state index contributed by atoms with van der Waals surface area (Å²) >= 11 is 0. The molecule has 1 aromatic rings. The summed E-state index contributed by atoms with van der Waals surface area (Å²) in [6.07, 6.45) is 3.87. The molecule has 94 valence electrons. The van der Waals surface area contributed by atoms with E-state index in [2.05, 4.69) is 17.9 Å². The van der Waals surface area contributed by atoms with Crippen molar-refractivity contribution in [3.8, 4) is 5.75 Å². The van der Waals surface area contributed by atoms with Crippen LogP contribution in [0.4, 0.5) is 5.69 Å². The zero-order valence-corrected chi connectivity index (χ0v) is 10.8. The minimum Gasteiger partial charge on any atom is -0.497 e. The zero-order valence-electron chi connectivity index (χ0n) is 10.8. The van der Waals surface area contributed by atoms with E-state index in [1.807, 2.05) is 12.1 Å². The largest absolute Gasteiger partial charge is 0.497 e. The number of anilines is 1. The van der Waals surface area contributed by atoms with Gasteiger partial charge in [0.1, 0.15) is 5.75 Å².